The molecule has 0 aliphatic carbocycles. The Morgan fingerprint density at radius 2 is 2.20 bits per heavy atom. The van der Waals surface area contributed by atoms with Crippen molar-refractivity contribution in [2.24, 2.45) is 5.92 Å². The number of benzene rings is 1. The standard InChI is InChI=1S/C16H24N2O.ClH/c1-11-4-5-15(12(2)8-11)13(3)18-16(19)9-14-6-7-17-10-14;/h4-5,8,13-14,17H,6-7,9-10H2,1-3H3,(H,18,19);1H. The maximum atomic E-state index is 12.0. The molecule has 2 N–H and O–H groups in total. The van der Waals surface area contributed by atoms with Crippen LogP contribution in [0.1, 0.15) is 42.5 Å². The van der Waals surface area contributed by atoms with Gasteiger partial charge < -0.3 is 10.6 Å². The SMILES string of the molecule is Cc1ccc(C(C)NC(=O)CC2CCNC2)c(C)c1.Cl. The van der Waals surface area contributed by atoms with Crippen LogP contribution in [0.3, 0.4) is 0 Å². The third kappa shape index (κ3) is 4.50. The minimum absolute atomic E-state index is 0. The first-order valence-electron chi connectivity index (χ1n) is 7.13. The molecule has 1 heterocycles. The molecule has 0 bridgehead atoms. The highest BCUT2D eigenvalue weighted by atomic mass is 35.5. The zero-order valence-electron chi connectivity index (χ0n) is 12.5. The molecule has 20 heavy (non-hydrogen) atoms. The van der Waals surface area contributed by atoms with Crippen LogP contribution in [0.4, 0.5) is 0 Å². The Morgan fingerprint density at radius 1 is 1.45 bits per heavy atom. The maximum Gasteiger partial charge on any atom is 0.220 e. The normalized spacial score (nSPS) is 19.2. The van der Waals surface area contributed by atoms with Crippen molar-refractivity contribution in [2.75, 3.05) is 13.1 Å². The van der Waals surface area contributed by atoms with Crippen LogP contribution in [0.2, 0.25) is 0 Å². The third-order valence-corrected chi connectivity index (χ3v) is 3.91. The molecule has 2 unspecified atom stereocenters. The summed E-state index contributed by atoms with van der Waals surface area (Å²) < 4.78 is 0. The summed E-state index contributed by atoms with van der Waals surface area (Å²) >= 11 is 0. The van der Waals surface area contributed by atoms with Gasteiger partial charge in [-0.1, -0.05) is 23.8 Å². The van der Waals surface area contributed by atoms with Crippen molar-refractivity contribution in [3.8, 4) is 0 Å². The van der Waals surface area contributed by atoms with Gasteiger partial charge in [0.05, 0.1) is 6.04 Å². The molecule has 0 aromatic heterocycles. The van der Waals surface area contributed by atoms with Crippen molar-refractivity contribution in [1.82, 2.24) is 10.6 Å². The number of hydrogen-bond acceptors (Lipinski definition) is 2. The van der Waals surface area contributed by atoms with Gasteiger partial charge >= 0.3 is 0 Å². The van der Waals surface area contributed by atoms with Crippen LogP contribution in [0.5, 0.6) is 0 Å². The predicted octanol–water partition coefficient (Wildman–Crippen LogP) is 2.90. The second kappa shape index (κ2) is 7.65. The molecule has 1 amide bonds. The molecule has 1 aliphatic rings. The van der Waals surface area contributed by atoms with Crippen LogP contribution >= 0.6 is 12.4 Å². The second-order valence-electron chi connectivity index (χ2n) is 5.71. The van der Waals surface area contributed by atoms with Gasteiger partial charge in [-0.25, -0.2) is 0 Å². The molecule has 0 radical (unpaired) electrons. The van der Waals surface area contributed by atoms with E-state index in [2.05, 4.69) is 49.6 Å². The molecule has 2 atom stereocenters. The summed E-state index contributed by atoms with van der Waals surface area (Å²) in [6.07, 6.45) is 1.76. The van der Waals surface area contributed by atoms with Crippen molar-refractivity contribution < 1.29 is 4.79 Å². The van der Waals surface area contributed by atoms with Crippen LogP contribution in [-0.4, -0.2) is 19.0 Å². The minimum atomic E-state index is 0. The fourth-order valence-electron chi connectivity index (χ4n) is 2.84. The zero-order valence-corrected chi connectivity index (χ0v) is 13.3. The fraction of sp³-hybridized carbons (Fsp3) is 0.562. The summed E-state index contributed by atoms with van der Waals surface area (Å²) in [5.41, 5.74) is 3.72. The maximum absolute atomic E-state index is 12.0. The summed E-state index contributed by atoms with van der Waals surface area (Å²) in [5, 5.41) is 6.41. The van der Waals surface area contributed by atoms with E-state index in [4.69, 9.17) is 0 Å². The molecule has 1 aromatic rings. The van der Waals surface area contributed by atoms with E-state index in [1.54, 1.807) is 0 Å². The Bertz CT molecular complexity index is 456. The highest BCUT2D eigenvalue weighted by Gasteiger charge is 2.19. The first-order chi connectivity index (χ1) is 9.06. The van der Waals surface area contributed by atoms with Crippen molar-refractivity contribution in [1.29, 1.82) is 0 Å². The van der Waals surface area contributed by atoms with Crippen molar-refractivity contribution in [3.63, 3.8) is 0 Å². The zero-order chi connectivity index (χ0) is 13.8. The number of carbonyl (C=O) groups is 1. The highest BCUT2D eigenvalue weighted by Crippen LogP contribution is 2.19. The number of halogens is 1. The molecule has 4 heteroatoms. The molecule has 2 rings (SSSR count). The van der Waals surface area contributed by atoms with E-state index in [0.29, 0.717) is 12.3 Å². The van der Waals surface area contributed by atoms with E-state index in [0.717, 1.165) is 19.5 Å². The van der Waals surface area contributed by atoms with Gasteiger partial charge in [0.15, 0.2) is 0 Å². The number of amides is 1. The monoisotopic (exact) mass is 296 g/mol. The summed E-state index contributed by atoms with van der Waals surface area (Å²) in [6.45, 7) is 8.28. The van der Waals surface area contributed by atoms with Gasteiger partial charge in [-0.3, -0.25) is 4.79 Å². The number of carbonyl (C=O) groups excluding carboxylic acids is 1. The summed E-state index contributed by atoms with van der Waals surface area (Å²) in [4.78, 5) is 12.0. The molecule has 1 aromatic carbocycles. The van der Waals surface area contributed by atoms with Crippen LogP contribution in [0, 0.1) is 19.8 Å². The number of hydrogen-bond donors (Lipinski definition) is 2. The Balaban J connectivity index is 0.00000200. The Kier molecular flexibility index (Phi) is 6.50. The van der Waals surface area contributed by atoms with Gasteiger partial charge in [0.25, 0.3) is 0 Å². The number of nitrogens with one attached hydrogen (secondary N) is 2. The first kappa shape index (κ1) is 17.0. The molecule has 3 nitrogen and oxygen atoms in total. The van der Waals surface area contributed by atoms with Crippen molar-refractivity contribution in [3.05, 3.63) is 34.9 Å². The molecule has 1 fully saturated rings. The third-order valence-electron chi connectivity index (χ3n) is 3.91. The van der Waals surface area contributed by atoms with E-state index >= 15 is 0 Å². The van der Waals surface area contributed by atoms with Gasteiger partial charge in [-0.15, -0.1) is 12.4 Å². The minimum Gasteiger partial charge on any atom is -0.350 e. The van der Waals surface area contributed by atoms with Gasteiger partial charge in [0.2, 0.25) is 5.91 Å². The van der Waals surface area contributed by atoms with Crippen LogP contribution in [0.25, 0.3) is 0 Å². The topological polar surface area (TPSA) is 41.1 Å². The molecule has 1 saturated heterocycles. The number of aryl methyl sites for hydroxylation is 2. The van der Waals surface area contributed by atoms with Gasteiger partial charge in [-0.2, -0.15) is 0 Å². The van der Waals surface area contributed by atoms with Crippen LogP contribution in [-0.2, 0) is 4.79 Å². The lowest BCUT2D eigenvalue weighted by Crippen LogP contribution is -2.29. The molecule has 112 valence electrons. The van der Waals surface area contributed by atoms with Gasteiger partial charge in [0.1, 0.15) is 0 Å². The van der Waals surface area contributed by atoms with Crippen molar-refractivity contribution >= 4 is 18.3 Å². The smallest absolute Gasteiger partial charge is 0.220 e. The molecular formula is C16H25ClN2O. The molecule has 0 spiro atoms. The predicted molar refractivity (Wildman–Crippen MR) is 85.3 cm³/mol. The lowest BCUT2D eigenvalue weighted by Gasteiger charge is -2.18. The average molecular weight is 297 g/mol. The Labute approximate surface area is 127 Å². The first-order valence-corrected chi connectivity index (χ1v) is 7.13. The van der Waals surface area contributed by atoms with E-state index in [-0.39, 0.29) is 24.4 Å². The van der Waals surface area contributed by atoms with Crippen LogP contribution < -0.4 is 10.6 Å². The lowest BCUT2D eigenvalue weighted by molar-refractivity contribution is -0.122. The Hall–Kier alpha value is -1.06. The lowest BCUT2D eigenvalue weighted by atomic mass is 9.99. The largest absolute Gasteiger partial charge is 0.350 e. The molecule has 0 saturated carbocycles. The van der Waals surface area contributed by atoms with Crippen molar-refractivity contribution in [2.45, 2.75) is 39.7 Å². The number of rotatable bonds is 4. The summed E-state index contributed by atoms with van der Waals surface area (Å²) in [7, 11) is 0. The van der Waals surface area contributed by atoms with E-state index < -0.39 is 0 Å². The summed E-state index contributed by atoms with van der Waals surface area (Å²) in [5.74, 6) is 0.674. The van der Waals surface area contributed by atoms with Crippen LogP contribution in [0.15, 0.2) is 18.2 Å². The second-order valence-corrected chi connectivity index (χ2v) is 5.71. The summed E-state index contributed by atoms with van der Waals surface area (Å²) in [6, 6.07) is 6.47. The average Bonchev–Trinajstić information content (AvgIpc) is 2.81. The van der Waals surface area contributed by atoms with E-state index in [9.17, 15) is 4.79 Å². The molecule has 1 aliphatic heterocycles. The fourth-order valence-corrected chi connectivity index (χ4v) is 2.84. The Morgan fingerprint density at radius 3 is 2.80 bits per heavy atom. The highest BCUT2D eigenvalue weighted by molar-refractivity contribution is 5.85. The van der Waals surface area contributed by atoms with E-state index in [1.807, 2.05) is 0 Å². The molecular weight excluding hydrogens is 272 g/mol. The van der Waals surface area contributed by atoms with E-state index in [1.165, 1.54) is 16.7 Å². The van der Waals surface area contributed by atoms with Gasteiger partial charge in [-0.05, 0) is 57.3 Å². The quantitative estimate of drug-likeness (QED) is 0.897. The van der Waals surface area contributed by atoms with Gasteiger partial charge in [0, 0.05) is 6.42 Å².